The summed E-state index contributed by atoms with van der Waals surface area (Å²) in [5, 5.41) is 11.4. The summed E-state index contributed by atoms with van der Waals surface area (Å²) >= 11 is 4.46. The summed E-state index contributed by atoms with van der Waals surface area (Å²) in [7, 11) is 1.56. The van der Waals surface area contributed by atoms with Crippen LogP contribution in [0.4, 0.5) is 20.3 Å². The van der Waals surface area contributed by atoms with Gasteiger partial charge in [-0.1, -0.05) is 17.8 Å². The Hall–Kier alpha value is -2.07. The summed E-state index contributed by atoms with van der Waals surface area (Å²) in [6, 6.07) is 7.49. The highest BCUT2D eigenvalue weighted by atomic mass is 79.9. The molecular weight excluding hydrogens is 452 g/mol. The molecule has 1 atom stereocenters. The average molecular weight is 466 g/mol. The molecule has 0 fully saturated rings. The molecule has 1 aromatic heterocycles. The zero-order valence-corrected chi connectivity index (χ0v) is 17.0. The van der Waals surface area contributed by atoms with E-state index in [-0.39, 0.29) is 11.2 Å². The van der Waals surface area contributed by atoms with Crippen molar-refractivity contribution < 1.29 is 18.6 Å². The minimum absolute atomic E-state index is 0.0849. The van der Waals surface area contributed by atoms with E-state index in [0.717, 1.165) is 16.0 Å². The Morgan fingerprint density at radius 2 is 2.00 bits per heavy atom. The zero-order valence-electron chi connectivity index (χ0n) is 14.6. The number of anilines is 2. The fraction of sp³-hybridized carbons (Fsp3) is 0.158. The lowest BCUT2D eigenvalue weighted by Crippen LogP contribution is -2.25. The van der Waals surface area contributed by atoms with Crippen LogP contribution >= 0.6 is 27.7 Å². The smallest absolute Gasteiger partial charge is 0.168 e. The predicted octanol–water partition coefficient (Wildman–Crippen LogP) is 4.81. The van der Waals surface area contributed by atoms with Crippen molar-refractivity contribution in [3.63, 3.8) is 0 Å². The van der Waals surface area contributed by atoms with Gasteiger partial charge in [0.1, 0.15) is 29.5 Å². The number of benzene rings is 2. The van der Waals surface area contributed by atoms with E-state index in [1.807, 2.05) is 0 Å². The average Bonchev–Trinajstić information content (AvgIpc) is 2.70. The van der Waals surface area contributed by atoms with Crippen molar-refractivity contribution >= 4 is 39.2 Å². The number of fused-ring (bicyclic) bond motifs is 2. The topological polar surface area (TPSA) is 58.5 Å². The van der Waals surface area contributed by atoms with Crippen molar-refractivity contribution in [2.75, 3.05) is 18.7 Å². The van der Waals surface area contributed by atoms with Crippen LogP contribution in [0.25, 0.3) is 0 Å². The van der Waals surface area contributed by atoms with Crippen LogP contribution in [0.5, 0.6) is 0 Å². The van der Waals surface area contributed by atoms with Crippen LogP contribution in [0.3, 0.4) is 0 Å². The standard InChI is InChI=1S/C19H14BrF2N3O2S/c1-27-9-25-13-8-10(17(26)15-12(21)4-3-11(20)16(15)22)2-5-14(13)28-19-18(25)23-6-7-24-19/h2-8,17,26H,9H2,1H3. The van der Waals surface area contributed by atoms with Gasteiger partial charge in [0.15, 0.2) is 5.82 Å². The minimum atomic E-state index is -1.47. The maximum atomic E-state index is 14.4. The highest BCUT2D eigenvalue weighted by molar-refractivity contribution is 9.10. The van der Waals surface area contributed by atoms with E-state index in [9.17, 15) is 13.9 Å². The van der Waals surface area contributed by atoms with Crippen LogP contribution in [-0.2, 0) is 4.74 Å². The van der Waals surface area contributed by atoms with Gasteiger partial charge in [0, 0.05) is 24.4 Å². The first-order valence-corrected chi connectivity index (χ1v) is 9.83. The van der Waals surface area contributed by atoms with E-state index < -0.39 is 23.3 Å². The molecule has 0 bridgehead atoms. The molecule has 1 aliphatic heterocycles. The number of aliphatic hydroxyl groups is 1. The lowest BCUT2D eigenvalue weighted by molar-refractivity contribution is 0.203. The number of halogens is 3. The van der Waals surface area contributed by atoms with Crippen molar-refractivity contribution in [3.05, 3.63) is 70.0 Å². The van der Waals surface area contributed by atoms with Gasteiger partial charge in [-0.3, -0.25) is 4.90 Å². The van der Waals surface area contributed by atoms with Crippen LogP contribution in [-0.4, -0.2) is 28.9 Å². The Labute approximate surface area is 172 Å². The van der Waals surface area contributed by atoms with E-state index in [0.29, 0.717) is 17.1 Å². The number of ether oxygens (including phenoxy) is 1. The molecule has 0 saturated carbocycles. The molecule has 2 aromatic carbocycles. The molecule has 28 heavy (non-hydrogen) atoms. The highest BCUT2D eigenvalue weighted by Gasteiger charge is 2.28. The molecule has 0 aliphatic carbocycles. The van der Waals surface area contributed by atoms with Gasteiger partial charge in [-0.2, -0.15) is 0 Å². The first-order valence-electron chi connectivity index (χ1n) is 8.22. The molecule has 1 unspecified atom stereocenters. The second-order valence-corrected chi connectivity index (χ2v) is 7.90. The molecule has 0 saturated heterocycles. The van der Waals surface area contributed by atoms with Gasteiger partial charge in [-0.15, -0.1) is 0 Å². The predicted molar refractivity (Wildman–Crippen MR) is 105 cm³/mol. The number of aromatic nitrogens is 2. The Balaban J connectivity index is 1.80. The van der Waals surface area contributed by atoms with Gasteiger partial charge in [0.05, 0.1) is 15.7 Å². The van der Waals surface area contributed by atoms with Crippen LogP contribution in [0.1, 0.15) is 17.2 Å². The number of methoxy groups -OCH3 is 1. The summed E-state index contributed by atoms with van der Waals surface area (Å²) in [6.45, 7) is 0.207. The fourth-order valence-corrected chi connectivity index (χ4v) is 4.35. The molecule has 2 heterocycles. The van der Waals surface area contributed by atoms with Gasteiger partial charge >= 0.3 is 0 Å². The fourth-order valence-electron chi connectivity index (χ4n) is 3.01. The molecule has 5 nitrogen and oxygen atoms in total. The molecule has 1 N–H and O–H groups in total. The Morgan fingerprint density at radius 1 is 1.21 bits per heavy atom. The van der Waals surface area contributed by atoms with Crippen molar-refractivity contribution in [2.24, 2.45) is 0 Å². The van der Waals surface area contributed by atoms with E-state index >= 15 is 0 Å². The van der Waals surface area contributed by atoms with E-state index in [1.165, 1.54) is 17.8 Å². The first kappa shape index (κ1) is 19.3. The first-order chi connectivity index (χ1) is 13.5. The van der Waals surface area contributed by atoms with Gasteiger partial charge in [0.2, 0.25) is 0 Å². The Bertz CT molecular complexity index is 1050. The van der Waals surface area contributed by atoms with Gasteiger partial charge in [-0.25, -0.2) is 18.7 Å². The van der Waals surface area contributed by atoms with Crippen LogP contribution in [0.2, 0.25) is 0 Å². The summed E-state index contributed by atoms with van der Waals surface area (Å²) in [4.78, 5) is 11.4. The third-order valence-corrected chi connectivity index (χ3v) is 5.97. The summed E-state index contributed by atoms with van der Waals surface area (Å²) < 4.78 is 34.0. The number of aliphatic hydroxyl groups excluding tert-OH is 1. The molecule has 9 heteroatoms. The van der Waals surface area contributed by atoms with E-state index in [2.05, 4.69) is 25.9 Å². The molecule has 4 rings (SSSR count). The molecule has 0 radical (unpaired) electrons. The van der Waals surface area contributed by atoms with Crippen LogP contribution < -0.4 is 4.90 Å². The summed E-state index contributed by atoms with van der Waals surface area (Å²) in [5.41, 5.74) is 0.659. The van der Waals surface area contributed by atoms with Crippen molar-refractivity contribution in [1.82, 2.24) is 9.97 Å². The number of nitrogens with zero attached hydrogens (tertiary/aromatic N) is 3. The third kappa shape index (κ3) is 3.28. The van der Waals surface area contributed by atoms with Crippen molar-refractivity contribution in [3.8, 4) is 0 Å². The minimum Gasteiger partial charge on any atom is -0.383 e. The Kier molecular flexibility index (Phi) is 5.33. The SMILES string of the molecule is COCN1c2cc(C(O)c3c(F)ccc(Br)c3F)ccc2Sc2nccnc21. The molecule has 0 amide bonds. The zero-order chi connectivity index (χ0) is 19.8. The summed E-state index contributed by atoms with van der Waals surface area (Å²) in [5.74, 6) is -1.02. The second-order valence-electron chi connectivity index (χ2n) is 6.02. The van der Waals surface area contributed by atoms with Crippen molar-refractivity contribution in [1.29, 1.82) is 0 Å². The molecule has 144 valence electrons. The number of hydrogen-bond donors (Lipinski definition) is 1. The lowest BCUT2D eigenvalue weighted by Gasteiger charge is -2.30. The number of hydrogen-bond acceptors (Lipinski definition) is 6. The van der Waals surface area contributed by atoms with Crippen LogP contribution in [0.15, 0.2) is 57.1 Å². The second kappa shape index (κ2) is 7.75. The number of rotatable bonds is 4. The molecule has 1 aliphatic rings. The Morgan fingerprint density at radius 3 is 2.79 bits per heavy atom. The summed E-state index contributed by atoms with van der Waals surface area (Å²) in [6.07, 6.45) is 1.72. The molecular formula is C19H14BrF2N3O2S. The largest absolute Gasteiger partial charge is 0.383 e. The third-order valence-electron chi connectivity index (χ3n) is 4.31. The van der Waals surface area contributed by atoms with Gasteiger partial charge < -0.3 is 9.84 Å². The maximum absolute atomic E-state index is 14.4. The van der Waals surface area contributed by atoms with Gasteiger partial charge in [0.25, 0.3) is 0 Å². The monoisotopic (exact) mass is 465 g/mol. The lowest BCUT2D eigenvalue weighted by atomic mass is 9.99. The molecule has 3 aromatic rings. The van der Waals surface area contributed by atoms with Crippen LogP contribution in [0, 0.1) is 11.6 Å². The quantitative estimate of drug-likeness (QED) is 0.558. The maximum Gasteiger partial charge on any atom is 0.168 e. The van der Waals surface area contributed by atoms with Gasteiger partial charge in [-0.05, 0) is 45.8 Å². The highest BCUT2D eigenvalue weighted by Crippen LogP contribution is 2.47. The van der Waals surface area contributed by atoms with E-state index in [4.69, 9.17) is 4.74 Å². The van der Waals surface area contributed by atoms with Crippen molar-refractivity contribution in [2.45, 2.75) is 16.0 Å². The normalized spacial score (nSPS) is 13.8. The van der Waals surface area contributed by atoms with E-state index in [1.54, 1.807) is 42.6 Å². The molecule has 0 spiro atoms.